The standard InChI is InChI=1S/C35H57NO5/c1-23(2)9-8-10-24(3)27-11-12-28-34(27,5)20-17-29-33(4)19-16-26(21-25(33)15-18-35(28,29)6)41-32(40)22-36(7)30(37)13-14-31(38)39/h15,23-24,26-29H,8-14,16-22H2,1-7H3,(H,38,39)/t24-,26+,27?,28-,29-,33+,34-,35+/m1/s1. The van der Waals surface area contributed by atoms with Crippen molar-refractivity contribution in [2.75, 3.05) is 13.6 Å². The van der Waals surface area contributed by atoms with Crippen molar-refractivity contribution in [3.63, 3.8) is 0 Å². The number of carbonyl (C=O) groups excluding carboxylic acids is 2. The van der Waals surface area contributed by atoms with Gasteiger partial charge < -0.3 is 14.7 Å². The van der Waals surface area contributed by atoms with Crippen LogP contribution < -0.4 is 0 Å². The number of likely N-dealkylation sites (N-methyl/N-ethyl adjacent to an activating group) is 1. The highest BCUT2D eigenvalue weighted by Gasteiger charge is 2.64. The molecule has 0 spiro atoms. The van der Waals surface area contributed by atoms with E-state index < -0.39 is 11.9 Å². The zero-order valence-corrected chi connectivity index (χ0v) is 27.0. The van der Waals surface area contributed by atoms with Gasteiger partial charge in [0.2, 0.25) is 5.91 Å². The topological polar surface area (TPSA) is 83.9 Å². The van der Waals surface area contributed by atoms with Gasteiger partial charge in [-0.15, -0.1) is 0 Å². The molecule has 6 nitrogen and oxygen atoms in total. The molecule has 1 amide bonds. The number of esters is 1. The molecule has 4 aliphatic rings. The summed E-state index contributed by atoms with van der Waals surface area (Å²) in [4.78, 5) is 36.9. The number of allylic oxidation sites excluding steroid dienone is 1. The molecule has 8 atom stereocenters. The summed E-state index contributed by atoms with van der Waals surface area (Å²) in [6.07, 6.45) is 15.4. The van der Waals surface area contributed by atoms with Gasteiger partial charge in [0.25, 0.3) is 0 Å². The highest BCUT2D eigenvalue weighted by Crippen LogP contribution is 2.72. The Morgan fingerprint density at radius 2 is 1.71 bits per heavy atom. The van der Waals surface area contributed by atoms with Gasteiger partial charge in [0.15, 0.2) is 0 Å². The van der Waals surface area contributed by atoms with Crippen LogP contribution in [0.1, 0.15) is 125 Å². The third kappa shape index (κ3) is 6.42. The number of aliphatic carboxylic acids is 1. The van der Waals surface area contributed by atoms with Crippen LogP contribution in [0.5, 0.6) is 0 Å². The molecule has 41 heavy (non-hydrogen) atoms. The predicted octanol–water partition coefficient (Wildman–Crippen LogP) is 7.65. The molecule has 6 heteroatoms. The van der Waals surface area contributed by atoms with E-state index in [1.165, 1.54) is 62.5 Å². The van der Waals surface area contributed by atoms with E-state index in [4.69, 9.17) is 9.84 Å². The van der Waals surface area contributed by atoms with Crippen LogP contribution in [-0.2, 0) is 19.1 Å². The Morgan fingerprint density at radius 1 is 0.976 bits per heavy atom. The number of ether oxygens (including phenoxy) is 1. The van der Waals surface area contributed by atoms with Gasteiger partial charge >= 0.3 is 11.9 Å². The molecular formula is C35H57NO5. The highest BCUT2D eigenvalue weighted by atomic mass is 16.5. The quantitative estimate of drug-likeness (QED) is 0.203. The first kappa shape index (κ1) is 32.1. The minimum atomic E-state index is -1.02. The Balaban J connectivity index is 1.39. The van der Waals surface area contributed by atoms with Gasteiger partial charge in [-0.1, -0.05) is 72.5 Å². The molecule has 1 N–H and O–H groups in total. The fourth-order valence-electron chi connectivity index (χ4n) is 10.3. The Hall–Kier alpha value is -1.85. The van der Waals surface area contributed by atoms with Crippen molar-refractivity contribution in [2.24, 2.45) is 45.8 Å². The molecule has 0 aromatic heterocycles. The lowest BCUT2D eigenvalue weighted by Crippen LogP contribution is -2.56. The van der Waals surface area contributed by atoms with Crippen LogP contribution in [0.25, 0.3) is 0 Å². The molecule has 0 bridgehead atoms. The van der Waals surface area contributed by atoms with Crippen molar-refractivity contribution in [2.45, 2.75) is 131 Å². The van der Waals surface area contributed by atoms with Crippen LogP contribution in [0.15, 0.2) is 11.6 Å². The van der Waals surface area contributed by atoms with Crippen molar-refractivity contribution in [1.82, 2.24) is 4.90 Å². The Morgan fingerprint density at radius 3 is 2.39 bits per heavy atom. The monoisotopic (exact) mass is 571 g/mol. The first-order chi connectivity index (χ1) is 19.2. The average molecular weight is 572 g/mol. The fourth-order valence-corrected chi connectivity index (χ4v) is 10.3. The predicted molar refractivity (Wildman–Crippen MR) is 162 cm³/mol. The Labute approximate surface area is 249 Å². The molecule has 0 radical (unpaired) electrons. The van der Waals surface area contributed by atoms with Crippen LogP contribution in [0.2, 0.25) is 0 Å². The number of carboxylic acid groups (broad SMARTS) is 1. The number of hydrogen-bond acceptors (Lipinski definition) is 4. The van der Waals surface area contributed by atoms with Gasteiger partial charge in [-0.05, 0) is 90.8 Å². The first-order valence-electron chi connectivity index (χ1n) is 16.6. The molecule has 4 rings (SSSR count). The van der Waals surface area contributed by atoms with E-state index >= 15 is 0 Å². The van der Waals surface area contributed by atoms with E-state index in [-0.39, 0.29) is 36.8 Å². The summed E-state index contributed by atoms with van der Waals surface area (Å²) in [5, 5.41) is 8.81. The molecule has 3 saturated carbocycles. The molecule has 4 aliphatic carbocycles. The van der Waals surface area contributed by atoms with Crippen molar-refractivity contribution in [3.05, 3.63) is 11.6 Å². The highest BCUT2D eigenvalue weighted by molar-refractivity contribution is 5.84. The van der Waals surface area contributed by atoms with Crippen LogP contribution in [0.4, 0.5) is 0 Å². The van der Waals surface area contributed by atoms with E-state index in [1.807, 2.05) is 0 Å². The number of carboxylic acids is 1. The lowest BCUT2D eigenvalue weighted by molar-refractivity contribution is -0.156. The molecule has 232 valence electrons. The number of fused-ring (bicyclic) bond motifs is 5. The largest absolute Gasteiger partial charge is 0.481 e. The summed E-state index contributed by atoms with van der Waals surface area (Å²) in [5.74, 6) is 2.15. The Bertz CT molecular complexity index is 1020. The van der Waals surface area contributed by atoms with Crippen molar-refractivity contribution >= 4 is 17.8 Å². The SMILES string of the molecule is CC(C)CCC[C@@H](C)C1CC[C@H]2[C@]3(C)CC=C4C[C@@H](OC(=O)CN(C)C(=O)CCC(=O)O)CC[C@]4(C)[C@H]3CC[C@]12C. The van der Waals surface area contributed by atoms with Crippen molar-refractivity contribution in [3.8, 4) is 0 Å². The zero-order chi connectivity index (χ0) is 30.2. The lowest BCUT2D eigenvalue weighted by atomic mass is 9.41. The minimum Gasteiger partial charge on any atom is -0.481 e. The van der Waals surface area contributed by atoms with Gasteiger partial charge in [0, 0.05) is 19.9 Å². The van der Waals surface area contributed by atoms with Gasteiger partial charge in [-0.2, -0.15) is 0 Å². The molecule has 0 heterocycles. The van der Waals surface area contributed by atoms with E-state index in [2.05, 4.69) is 47.6 Å². The summed E-state index contributed by atoms with van der Waals surface area (Å²) in [6, 6.07) is 0. The lowest BCUT2D eigenvalue weighted by Gasteiger charge is -2.63. The van der Waals surface area contributed by atoms with Crippen molar-refractivity contribution < 1.29 is 24.2 Å². The number of hydrogen-bond donors (Lipinski definition) is 1. The minimum absolute atomic E-state index is 0.105. The molecule has 0 aromatic carbocycles. The normalized spacial score (nSPS) is 36.9. The van der Waals surface area contributed by atoms with E-state index in [0.717, 1.165) is 49.4 Å². The number of nitrogens with zero attached hydrogens (tertiary/aromatic N) is 1. The van der Waals surface area contributed by atoms with Gasteiger partial charge in [0.1, 0.15) is 12.6 Å². The summed E-state index contributed by atoms with van der Waals surface area (Å²) in [5.41, 5.74) is 2.43. The smallest absolute Gasteiger partial charge is 0.325 e. The summed E-state index contributed by atoms with van der Waals surface area (Å²) in [6.45, 7) is 14.9. The maximum atomic E-state index is 12.7. The number of rotatable bonds is 11. The first-order valence-corrected chi connectivity index (χ1v) is 16.6. The van der Waals surface area contributed by atoms with Crippen LogP contribution in [-0.4, -0.2) is 47.5 Å². The third-order valence-electron chi connectivity index (χ3n) is 12.5. The molecule has 0 aliphatic heterocycles. The Kier molecular flexibility index (Phi) is 9.70. The van der Waals surface area contributed by atoms with E-state index in [9.17, 15) is 14.4 Å². The zero-order valence-electron chi connectivity index (χ0n) is 27.0. The summed E-state index contributed by atoms with van der Waals surface area (Å²) < 4.78 is 5.88. The second kappa shape index (κ2) is 12.4. The molecule has 1 unspecified atom stereocenters. The second-order valence-corrected chi connectivity index (χ2v) is 15.5. The van der Waals surface area contributed by atoms with Crippen LogP contribution in [0.3, 0.4) is 0 Å². The average Bonchev–Trinajstić information content (AvgIpc) is 3.25. The fraction of sp³-hybridized carbons (Fsp3) is 0.857. The van der Waals surface area contributed by atoms with Gasteiger partial charge in [-0.3, -0.25) is 14.4 Å². The number of carbonyl (C=O) groups is 3. The van der Waals surface area contributed by atoms with E-state index in [1.54, 1.807) is 0 Å². The number of amides is 1. The maximum Gasteiger partial charge on any atom is 0.325 e. The maximum absolute atomic E-state index is 12.7. The molecule has 0 aromatic rings. The van der Waals surface area contributed by atoms with Crippen molar-refractivity contribution in [1.29, 1.82) is 0 Å². The molecule has 3 fully saturated rings. The van der Waals surface area contributed by atoms with E-state index in [0.29, 0.717) is 16.7 Å². The van der Waals surface area contributed by atoms with Gasteiger partial charge in [0.05, 0.1) is 6.42 Å². The van der Waals surface area contributed by atoms with Crippen LogP contribution in [0, 0.1) is 45.8 Å². The molecule has 0 saturated heterocycles. The summed E-state index contributed by atoms with van der Waals surface area (Å²) in [7, 11) is 1.53. The second-order valence-electron chi connectivity index (χ2n) is 15.5. The van der Waals surface area contributed by atoms with Gasteiger partial charge in [-0.25, -0.2) is 0 Å². The molecular weight excluding hydrogens is 514 g/mol. The summed E-state index contributed by atoms with van der Waals surface area (Å²) >= 11 is 0. The third-order valence-corrected chi connectivity index (χ3v) is 12.5. The van der Waals surface area contributed by atoms with Crippen LogP contribution >= 0.6 is 0 Å².